The molecule has 5 nitrogen and oxygen atoms in total. The molecule has 0 aliphatic carbocycles. The van der Waals surface area contributed by atoms with Crippen LogP contribution in [0, 0.1) is 12.7 Å². The second-order valence-electron chi connectivity index (χ2n) is 4.29. The fourth-order valence-corrected chi connectivity index (χ4v) is 2.33. The van der Waals surface area contributed by atoms with E-state index in [1.165, 1.54) is 30.3 Å². The van der Waals surface area contributed by atoms with Crippen LogP contribution in [0.2, 0.25) is 0 Å². The van der Waals surface area contributed by atoms with Gasteiger partial charge in [0.1, 0.15) is 10.6 Å². The van der Waals surface area contributed by atoms with Gasteiger partial charge < -0.3 is 10.5 Å². The van der Waals surface area contributed by atoms with Crippen molar-refractivity contribution in [3.8, 4) is 11.5 Å². The number of primary sulfonamides is 1. The second-order valence-corrected chi connectivity index (χ2v) is 5.82. The first kappa shape index (κ1) is 14.3. The van der Waals surface area contributed by atoms with Gasteiger partial charge in [0.05, 0.1) is 0 Å². The van der Waals surface area contributed by atoms with Gasteiger partial charge in [0.15, 0.2) is 11.6 Å². The first-order valence-electron chi connectivity index (χ1n) is 5.64. The van der Waals surface area contributed by atoms with Gasteiger partial charge in [-0.15, -0.1) is 0 Å². The molecular weight excluding hydrogens is 283 g/mol. The van der Waals surface area contributed by atoms with Crippen LogP contribution in [-0.2, 0) is 10.0 Å². The van der Waals surface area contributed by atoms with Crippen molar-refractivity contribution in [1.82, 2.24) is 0 Å². The van der Waals surface area contributed by atoms with E-state index >= 15 is 0 Å². The van der Waals surface area contributed by atoms with Crippen LogP contribution >= 0.6 is 0 Å². The second kappa shape index (κ2) is 5.10. The number of sulfonamides is 1. The maximum absolute atomic E-state index is 13.6. The van der Waals surface area contributed by atoms with Crippen LogP contribution in [0.1, 0.15) is 5.56 Å². The Kier molecular flexibility index (Phi) is 3.65. The molecule has 0 saturated carbocycles. The molecule has 0 heterocycles. The average Bonchev–Trinajstić information content (AvgIpc) is 2.34. The van der Waals surface area contributed by atoms with E-state index in [0.29, 0.717) is 0 Å². The van der Waals surface area contributed by atoms with E-state index in [-0.39, 0.29) is 22.1 Å². The molecule has 0 spiro atoms. The standard InChI is InChI=1S/C13H13FN2O3S/c1-8-2-4-10(14)12(6-8)19-11-5-3-9(15)7-13(11)20(16,17)18/h2-7H,15H2,1H3,(H2,16,17,18). The van der Waals surface area contributed by atoms with Gasteiger partial charge in [0, 0.05) is 5.69 Å². The van der Waals surface area contributed by atoms with Crippen molar-refractivity contribution in [2.45, 2.75) is 11.8 Å². The number of aryl methyl sites for hydroxylation is 1. The van der Waals surface area contributed by atoms with Crippen LogP contribution in [0.4, 0.5) is 10.1 Å². The molecule has 0 radical (unpaired) electrons. The first-order chi connectivity index (χ1) is 9.27. The molecule has 0 aliphatic heterocycles. The van der Waals surface area contributed by atoms with Gasteiger partial charge in [-0.2, -0.15) is 0 Å². The summed E-state index contributed by atoms with van der Waals surface area (Å²) in [6.07, 6.45) is 0. The fraction of sp³-hybridized carbons (Fsp3) is 0.0769. The van der Waals surface area contributed by atoms with E-state index in [1.54, 1.807) is 13.0 Å². The summed E-state index contributed by atoms with van der Waals surface area (Å²) in [5, 5.41) is 5.09. The Labute approximate surface area is 116 Å². The third-order valence-electron chi connectivity index (χ3n) is 2.58. The summed E-state index contributed by atoms with van der Waals surface area (Å²) in [6.45, 7) is 1.76. The lowest BCUT2D eigenvalue weighted by Crippen LogP contribution is -2.13. The monoisotopic (exact) mass is 296 g/mol. The maximum Gasteiger partial charge on any atom is 0.241 e. The van der Waals surface area contributed by atoms with Crippen LogP contribution in [0.5, 0.6) is 11.5 Å². The number of halogens is 1. The Morgan fingerprint density at radius 1 is 1.10 bits per heavy atom. The van der Waals surface area contributed by atoms with Crippen molar-refractivity contribution in [2.24, 2.45) is 5.14 Å². The third-order valence-corrected chi connectivity index (χ3v) is 3.51. The summed E-state index contributed by atoms with van der Waals surface area (Å²) in [5.41, 5.74) is 6.51. The minimum Gasteiger partial charge on any atom is -0.453 e. The van der Waals surface area contributed by atoms with Gasteiger partial charge in [0.2, 0.25) is 10.0 Å². The van der Waals surface area contributed by atoms with Crippen molar-refractivity contribution in [3.05, 3.63) is 47.8 Å². The number of ether oxygens (including phenoxy) is 1. The normalized spacial score (nSPS) is 11.3. The molecule has 20 heavy (non-hydrogen) atoms. The Hall–Kier alpha value is -2.12. The molecule has 0 aliphatic rings. The maximum atomic E-state index is 13.6. The molecule has 0 unspecified atom stereocenters. The van der Waals surface area contributed by atoms with Crippen LogP contribution in [0.3, 0.4) is 0 Å². The Morgan fingerprint density at radius 3 is 2.45 bits per heavy atom. The largest absolute Gasteiger partial charge is 0.453 e. The molecule has 2 aromatic rings. The van der Waals surface area contributed by atoms with E-state index in [1.807, 2.05) is 0 Å². The predicted molar refractivity (Wildman–Crippen MR) is 73.4 cm³/mol. The van der Waals surface area contributed by atoms with E-state index in [9.17, 15) is 12.8 Å². The van der Waals surface area contributed by atoms with Gasteiger partial charge >= 0.3 is 0 Å². The summed E-state index contributed by atoms with van der Waals surface area (Å²) in [4.78, 5) is -0.293. The van der Waals surface area contributed by atoms with E-state index < -0.39 is 15.8 Å². The molecular formula is C13H13FN2O3S. The number of rotatable bonds is 3. The first-order valence-corrected chi connectivity index (χ1v) is 7.18. The van der Waals surface area contributed by atoms with E-state index in [0.717, 1.165) is 5.56 Å². The smallest absolute Gasteiger partial charge is 0.241 e. The lowest BCUT2D eigenvalue weighted by molar-refractivity contribution is 0.431. The molecule has 0 amide bonds. The van der Waals surface area contributed by atoms with Gasteiger partial charge in [-0.3, -0.25) is 0 Å². The highest BCUT2D eigenvalue weighted by Gasteiger charge is 2.17. The van der Waals surface area contributed by atoms with Crippen LogP contribution in [-0.4, -0.2) is 8.42 Å². The molecule has 106 valence electrons. The molecule has 0 bridgehead atoms. The van der Waals surface area contributed by atoms with Crippen molar-refractivity contribution in [3.63, 3.8) is 0 Å². The van der Waals surface area contributed by atoms with Crippen LogP contribution in [0.25, 0.3) is 0 Å². The number of hydrogen-bond acceptors (Lipinski definition) is 4. The summed E-state index contributed by atoms with van der Waals surface area (Å²) < 4.78 is 41.9. The van der Waals surface area contributed by atoms with Crippen molar-refractivity contribution in [2.75, 3.05) is 5.73 Å². The zero-order chi connectivity index (χ0) is 14.9. The molecule has 0 aromatic heterocycles. The Morgan fingerprint density at radius 2 is 1.80 bits per heavy atom. The lowest BCUT2D eigenvalue weighted by Gasteiger charge is -2.11. The van der Waals surface area contributed by atoms with Gasteiger partial charge in [-0.05, 0) is 42.8 Å². The van der Waals surface area contributed by atoms with Crippen molar-refractivity contribution >= 4 is 15.7 Å². The topological polar surface area (TPSA) is 95.4 Å². The molecule has 2 rings (SSSR count). The Balaban J connectivity index is 2.52. The molecule has 0 saturated heterocycles. The highest BCUT2D eigenvalue weighted by atomic mass is 32.2. The van der Waals surface area contributed by atoms with E-state index in [4.69, 9.17) is 15.6 Å². The van der Waals surface area contributed by atoms with Crippen molar-refractivity contribution < 1.29 is 17.5 Å². The highest BCUT2D eigenvalue weighted by Crippen LogP contribution is 2.31. The summed E-state index contributed by atoms with van der Waals surface area (Å²) >= 11 is 0. The lowest BCUT2D eigenvalue weighted by atomic mass is 10.2. The number of nitrogen functional groups attached to an aromatic ring is 1. The molecule has 0 atom stereocenters. The number of hydrogen-bond donors (Lipinski definition) is 2. The predicted octanol–water partition coefficient (Wildman–Crippen LogP) is 2.16. The van der Waals surface area contributed by atoms with Gasteiger partial charge in [-0.1, -0.05) is 6.07 Å². The average molecular weight is 296 g/mol. The van der Waals surface area contributed by atoms with Crippen LogP contribution in [0.15, 0.2) is 41.3 Å². The zero-order valence-electron chi connectivity index (χ0n) is 10.6. The number of anilines is 1. The summed E-state index contributed by atoms with van der Waals surface area (Å²) in [7, 11) is -4.03. The van der Waals surface area contributed by atoms with Crippen molar-refractivity contribution in [1.29, 1.82) is 0 Å². The summed E-state index contributed by atoms with van der Waals surface area (Å²) in [5.74, 6) is -0.765. The molecule has 4 N–H and O–H groups in total. The minimum absolute atomic E-state index is 0.0776. The SMILES string of the molecule is Cc1ccc(F)c(Oc2ccc(N)cc2S(N)(=O)=O)c1. The molecule has 0 fully saturated rings. The third kappa shape index (κ3) is 3.06. The molecule has 7 heteroatoms. The quantitative estimate of drug-likeness (QED) is 0.848. The van der Waals surface area contributed by atoms with Crippen LogP contribution < -0.4 is 15.6 Å². The van der Waals surface area contributed by atoms with E-state index in [2.05, 4.69) is 0 Å². The molecule has 2 aromatic carbocycles. The zero-order valence-corrected chi connectivity index (χ0v) is 11.4. The highest BCUT2D eigenvalue weighted by molar-refractivity contribution is 7.89. The summed E-state index contributed by atoms with van der Waals surface area (Å²) in [6, 6.07) is 8.20. The fourth-order valence-electron chi connectivity index (χ4n) is 1.64. The van der Waals surface area contributed by atoms with Gasteiger partial charge in [0.25, 0.3) is 0 Å². The van der Waals surface area contributed by atoms with Gasteiger partial charge in [-0.25, -0.2) is 17.9 Å². The number of nitrogens with two attached hydrogens (primary N) is 2. The number of benzene rings is 2. The minimum atomic E-state index is -4.03. The Bertz CT molecular complexity index is 760.